The summed E-state index contributed by atoms with van der Waals surface area (Å²) in [6, 6.07) is 9.64. The van der Waals surface area contributed by atoms with E-state index in [1.165, 1.54) is 12.8 Å². The summed E-state index contributed by atoms with van der Waals surface area (Å²) in [7, 11) is 0. The van der Waals surface area contributed by atoms with Crippen molar-refractivity contribution in [2.75, 3.05) is 18.4 Å². The maximum Gasteiger partial charge on any atom is 0.321 e. The van der Waals surface area contributed by atoms with Gasteiger partial charge in [-0.15, -0.1) is 0 Å². The molecule has 2 aliphatic carbocycles. The van der Waals surface area contributed by atoms with Crippen molar-refractivity contribution in [1.82, 2.24) is 10.2 Å². The number of carbonyl (C=O) groups excluding carboxylic acids is 2. The zero-order chi connectivity index (χ0) is 17.9. The average molecular weight is 353 g/mol. The van der Waals surface area contributed by atoms with Crippen molar-refractivity contribution in [2.45, 2.75) is 38.1 Å². The summed E-state index contributed by atoms with van der Waals surface area (Å²) in [5.41, 5.74) is 0.813. The summed E-state index contributed by atoms with van der Waals surface area (Å²) in [5.74, 6) is 2.04. The fourth-order valence-corrected chi connectivity index (χ4v) is 4.60. The Balaban J connectivity index is 1.19. The molecule has 2 bridgehead atoms. The minimum absolute atomic E-state index is 0.0604. The van der Waals surface area contributed by atoms with E-state index in [9.17, 15) is 9.59 Å². The number of hydrogen-bond acceptors (Lipinski definition) is 2. The molecule has 5 heteroatoms. The Bertz CT molecular complexity index is 680. The van der Waals surface area contributed by atoms with E-state index >= 15 is 0 Å². The summed E-state index contributed by atoms with van der Waals surface area (Å²) in [6.07, 6.45) is 9.33. The average Bonchev–Trinajstić information content (AvgIpc) is 3.26. The van der Waals surface area contributed by atoms with Gasteiger partial charge in [-0.2, -0.15) is 0 Å². The molecule has 3 amide bonds. The number of piperidine rings is 1. The van der Waals surface area contributed by atoms with Crippen molar-refractivity contribution in [3.05, 3.63) is 42.5 Å². The first-order valence-corrected chi connectivity index (χ1v) is 9.76. The lowest BCUT2D eigenvalue weighted by molar-refractivity contribution is -0.123. The molecule has 1 saturated carbocycles. The van der Waals surface area contributed by atoms with Crippen molar-refractivity contribution in [3.63, 3.8) is 0 Å². The molecule has 26 heavy (non-hydrogen) atoms. The maximum atomic E-state index is 12.4. The number of amides is 3. The van der Waals surface area contributed by atoms with Crippen molar-refractivity contribution in [3.8, 4) is 0 Å². The molecule has 3 aliphatic rings. The van der Waals surface area contributed by atoms with Gasteiger partial charge < -0.3 is 15.5 Å². The van der Waals surface area contributed by atoms with Crippen LogP contribution in [0.25, 0.3) is 0 Å². The fraction of sp³-hybridized carbons (Fsp3) is 0.524. The third-order valence-corrected chi connectivity index (χ3v) is 6.04. The zero-order valence-corrected chi connectivity index (χ0v) is 15.1. The first-order chi connectivity index (χ1) is 12.7. The van der Waals surface area contributed by atoms with Crippen LogP contribution in [0.4, 0.5) is 10.5 Å². The highest BCUT2D eigenvalue weighted by molar-refractivity contribution is 5.89. The summed E-state index contributed by atoms with van der Waals surface area (Å²) >= 11 is 0. The highest BCUT2D eigenvalue weighted by atomic mass is 16.2. The van der Waals surface area contributed by atoms with E-state index < -0.39 is 0 Å². The standard InChI is InChI=1S/C21H27N3O2/c25-20(14-17-13-15-6-7-16(17)12-15)22-19-8-10-24(11-9-19)21(26)23-18-4-2-1-3-5-18/h1-7,15-17,19H,8-14H2,(H,22,25)(H,23,26)/t15-,16+,17+/m1/s1. The quantitative estimate of drug-likeness (QED) is 0.815. The normalized spacial score (nSPS) is 27.5. The fourth-order valence-electron chi connectivity index (χ4n) is 4.60. The number of hydrogen-bond donors (Lipinski definition) is 2. The van der Waals surface area contributed by atoms with E-state index in [1.807, 2.05) is 35.2 Å². The number of allylic oxidation sites excluding steroid dienone is 2. The molecule has 3 atom stereocenters. The van der Waals surface area contributed by atoms with Crippen molar-refractivity contribution in [2.24, 2.45) is 17.8 Å². The molecule has 0 spiro atoms. The van der Waals surface area contributed by atoms with Gasteiger partial charge in [0, 0.05) is 31.2 Å². The van der Waals surface area contributed by atoms with Crippen LogP contribution in [0.1, 0.15) is 32.1 Å². The molecule has 0 aromatic heterocycles. The Hall–Kier alpha value is -2.30. The van der Waals surface area contributed by atoms with Gasteiger partial charge in [-0.25, -0.2) is 4.79 Å². The van der Waals surface area contributed by atoms with Crippen LogP contribution in [0.2, 0.25) is 0 Å². The third kappa shape index (κ3) is 3.92. The topological polar surface area (TPSA) is 61.4 Å². The van der Waals surface area contributed by atoms with E-state index in [1.54, 1.807) is 0 Å². The number of likely N-dealkylation sites (tertiary alicyclic amines) is 1. The Labute approximate surface area is 154 Å². The van der Waals surface area contributed by atoms with Gasteiger partial charge >= 0.3 is 6.03 Å². The lowest BCUT2D eigenvalue weighted by Gasteiger charge is -2.32. The zero-order valence-electron chi connectivity index (χ0n) is 15.1. The molecule has 1 heterocycles. The summed E-state index contributed by atoms with van der Waals surface area (Å²) in [5, 5.41) is 6.12. The molecule has 2 fully saturated rings. The van der Waals surface area contributed by atoms with Crippen molar-refractivity contribution < 1.29 is 9.59 Å². The molecule has 5 nitrogen and oxygen atoms in total. The number of benzene rings is 1. The molecule has 4 rings (SSSR count). The van der Waals surface area contributed by atoms with Gasteiger partial charge in [-0.3, -0.25) is 4.79 Å². The Morgan fingerprint density at radius 3 is 2.46 bits per heavy atom. The second kappa shape index (κ2) is 7.52. The predicted octanol–water partition coefficient (Wildman–Crippen LogP) is 3.40. The lowest BCUT2D eigenvalue weighted by Crippen LogP contribution is -2.48. The van der Waals surface area contributed by atoms with Crippen LogP contribution in [0.15, 0.2) is 42.5 Å². The van der Waals surface area contributed by atoms with Gasteiger partial charge in [0.2, 0.25) is 5.91 Å². The smallest absolute Gasteiger partial charge is 0.321 e. The van der Waals surface area contributed by atoms with Gasteiger partial charge in [-0.1, -0.05) is 30.4 Å². The van der Waals surface area contributed by atoms with Crippen LogP contribution in [0.5, 0.6) is 0 Å². The number of para-hydroxylation sites is 1. The highest BCUT2D eigenvalue weighted by Crippen LogP contribution is 2.44. The van der Waals surface area contributed by atoms with Gasteiger partial charge in [0.25, 0.3) is 0 Å². The molecule has 1 aromatic rings. The second-order valence-electron chi connectivity index (χ2n) is 7.87. The van der Waals surface area contributed by atoms with E-state index in [4.69, 9.17) is 0 Å². The van der Waals surface area contributed by atoms with E-state index in [2.05, 4.69) is 22.8 Å². The van der Waals surface area contributed by atoms with E-state index in [-0.39, 0.29) is 18.0 Å². The molecule has 0 unspecified atom stereocenters. The van der Waals surface area contributed by atoms with Crippen molar-refractivity contribution >= 4 is 17.6 Å². The van der Waals surface area contributed by atoms with Crippen LogP contribution in [-0.2, 0) is 4.79 Å². The Morgan fingerprint density at radius 2 is 1.81 bits per heavy atom. The number of nitrogens with zero attached hydrogens (tertiary/aromatic N) is 1. The highest BCUT2D eigenvalue weighted by Gasteiger charge is 2.36. The van der Waals surface area contributed by atoms with Crippen LogP contribution < -0.4 is 10.6 Å². The largest absolute Gasteiger partial charge is 0.353 e. The summed E-state index contributed by atoms with van der Waals surface area (Å²) in [4.78, 5) is 26.5. The Kier molecular flexibility index (Phi) is 4.96. The lowest BCUT2D eigenvalue weighted by atomic mass is 9.90. The molecular weight excluding hydrogens is 326 g/mol. The number of carbonyl (C=O) groups is 2. The van der Waals surface area contributed by atoms with E-state index in [0.717, 1.165) is 18.5 Å². The minimum Gasteiger partial charge on any atom is -0.353 e. The number of nitrogens with one attached hydrogen (secondary N) is 2. The van der Waals surface area contributed by atoms with Crippen LogP contribution in [-0.4, -0.2) is 36.0 Å². The number of rotatable bonds is 4. The number of urea groups is 1. The van der Waals surface area contributed by atoms with Gasteiger partial charge in [0.05, 0.1) is 0 Å². The van der Waals surface area contributed by atoms with E-state index in [0.29, 0.717) is 37.3 Å². The third-order valence-electron chi connectivity index (χ3n) is 6.04. The molecular formula is C21H27N3O2. The Morgan fingerprint density at radius 1 is 1.04 bits per heavy atom. The van der Waals surface area contributed by atoms with Crippen LogP contribution >= 0.6 is 0 Å². The van der Waals surface area contributed by atoms with Gasteiger partial charge in [0.15, 0.2) is 0 Å². The molecule has 0 radical (unpaired) electrons. The number of fused-ring (bicyclic) bond motifs is 2. The van der Waals surface area contributed by atoms with Crippen molar-refractivity contribution in [1.29, 1.82) is 0 Å². The second-order valence-corrected chi connectivity index (χ2v) is 7.87. The molecule has 2 N–H and O–H groups in total. The van der Waals surface area contributed by atoms with Gasteiger partial charge in [-0.05, 0) is 55.6 Å². The minimum atomic E-state index is -0.0604. The first-order valence-electron chi connectivity index (χ1n) is 9.76. The molecule has 1 aromatic carbocycles. The summed E-state index contributed by atoms with van der Waals surface area (Å²) in [6.45, 7) is 1.36. The SMILES string of the molecule is O=C(C[C@@H]1C[C@@H]2C=C[C@H]1C2)NC1CCN(C(=O)Nc2ccccc2)CC1. The predicted molar refractivity (Wildman–Crippen MR) is 102 cm³/mol. The maximum absolute atomic E-state index is 12.4. The van der Waals surface area contributed by atoms with Gasteiger partial charge in [0.1, 0.15) is 0 Å². The first kappa shape index (κ1) is 17.1. The summed E-state index contributed by atoms with van der Waals surface area (Å²) < 4.78 is 0. The molecule has 1 aliphatic heterocycles. The van der Waals surface area contributed by atoms with Crippen LogP contribution in [0.3, 0.4) is 0 Å². The monoisotopic (exact) mass is 353 g/mol. The van der Waals surface area contributed by atoms with Crippen LogP contribution in [0, 0.1) is 17.8 Å². The molecule has 138 valence electrons. The number of anilines is 1. The molecule has 1 saturated heterocycles.